The molecule has 2 saturated heterocycles. The molecule has 7 nitrogen and oxygen atoms in total. The molecule has 0 unspecified atom stereocenters. The van der Waals surface area contributed by atoms with E-state index in [0.717, 1.165) is 24.8 Å². The smallest absolute Gasteiger partial charge is 0.304 e. The largest absolute Gasteiger partial charge is 0.472 e. The first-order valence-corrected chi connectivity index (χ1v) is 11.3. The lowest BCUT2D eigenvalue weighted by Gasteiger charge is -2.61. The van der Waals surface area contributed by atoms with Crippen molar-refractivity contribution < 1.29 is 33.0 Å². The van der Waals surface area contributed by atoms with Crippen LogP contribution >= 0.6 is 0 Å². The van der Waals surface area contributed by atoms with Crippen molar-refractivity contribution >= 4 is 11.9 Å². The van der Waals surface area contributed by atoms with Gasteiger partial charge in [0.05, 0.1) is 30.3 Å². The lowest BCUT2D eigenvalue weighted by atomic mass is 9.43. The molecule has 5 rings (SSSR count). The number of carbonyl (C=O) groups excluding carboxylic acids is 2. The third-order valence-corrected chi connectivity index (χ3v) is 9.02. The number of furan rings is 1. The number of esters is 2. The maximum Gasteiger partial charge on any atom is 0.304 e. The summed E-state index contributed by atoms with van der Waals surface area (Å²) in [5.74, 6) is -0.512. The Balaban J connectivity index is 1.62. The fourth-order valence-electron chi connectivity index (χ4n) is 7.29. The molecule has 4 aliphatic rings. The molecule has 9 atom stereocenters. The lowest BCUT2D eigenvalue weighted by Crippen LogP contribution is -2.64. The number of fused-ring (bicyclic) bond motifs is 4. The summed E-state index contributed by atoms with van der Waals surface area (Å²) in [5, 5.41) is 0. The van der Waals surface area contributed by atoms with Gasteiger partial charge in [0.25, 0.3) is 0 Å². The standard InChI is InChI=1S/C24H32O7/c1-13-17(28-14(2)25)10-22(4)19(6-7-20-23(22,5)31-20)24(13)11-18(16-8-9-27-12-16)30-21(24)29-15(3)26/h8-9,12-13,17-21H,6-7,10-11H2,1-5H3/t13-,17-,18-,19+,20-,21-,22-,23-,24-/m1/s1. The third-order valence-electron chi connectivity index (χ3n) is 9.02. The molecule has 1 spiro atoms. The van der Waals surface area contributed by atoms with Crippen LogP contribution in [0.2, 0.25) is 0 Å². The van der Waals surface area contributed by atoms with E-state index in [9.17, 15) is 9.59 Å². The summed E-state index contributed by atoms with van der Waals surface area (Å²) in [7, 11) is 0. The summed E-state index contributed by atoms with van der Waals surface area (Å²) >= 11 is 0. The third kappa shape index (κ3) is 2.85. The van der Waals surface area contributed by atoms with E-state index in [2.05, 4.69) is 20.8 Å². The van der Waals surface area contributed by atoms with Crippen LogP contribution in [-0.2, 0) is 28.5 Å². The van der Waals surface area contributed by atoms with Crippen molar-refractivity contribution in [2.24, 2.45) is 22.7 Å². The second kappa shape index (κ2) is 6.82. The van der Waals surface area contributed by atoms with E-state index >= 15 is 0 Å². The van der Waals surface area contributed by atoms with E-state index in [1.165, 1.54) is 13.8 Å². The van der Waals surface area contributed by atoms with Gasteiger partial charge in [-0.25, -0.2) is 0 Å². The number of ether oxygens (including phenoxy) is 4. The molecule has 2 aliphatic heterocycles. The molecule has 170 valence electrons. The van der Waals surface area contributed by atoms with Crippen molar-refractivity contribution in [1.29, 1.82) is 0 Å². The molecule has 0 bridgehead atoms. The van der Waals surface area contributed by atoms with Gasteiger partial charge < -0.3 is 23.4 Å². The van der Waals surface area contributed by atoms with Gasteiger partial charge in [0.15, 0.2) is 0 Å². The van der Waals surface area contributed by atoms with Gasteiger partial charge in [-0.15, -0.1) is 0 Å². The SMILES string of the molecule is CC(=O)O[C@@H]1O[C@@H](c2ccoc2)C[C@]12[C@H](C)[C@H](OC(C)=O)C[C@]1(C)[C@@H]2CC[C@H]2O[C@]21C. The first kappa shape index (κ1) is 21.0. The zero-order valence-corrected chi connectivity index (χ0v) is 18.9. The van der Waals surface area contributed by atoms with Crippen LogP contribution in [0.3, 0.4) is 0 Å². The Bertz CT molecular complexity index is 880. The minimum atomic E-state index is -0.721. The predicted molar refractivity (Wildman–Crippen MR) is 109 cm³/mol. The van der Waals surface area contributed by atoms with Crippen molar-refractivity contribution in [3.8, 4) is 0 Å². The zero-order valence-electron chi connectivity index (χ0n) is 18.9. The number of hydrogen-bond donors (Lipinski definition) is 0. The molecule has 4 fully saturated rings. The van der Waals surface area contributed by atoms with Crippen LogP contribution in [0.5, 0.6) is 0 Å². The van der Waals surface area contributed by atoms with Gasteiger partial charge >= 0.3 is 11.9 Å². The summed E-state index contributed by atoms with van der Waals surface area (Å²) in [5.41, 5.74) is -0.0632. The molecular formula is C24H32O7. The van der Waals surface area contributed by atoms with Crippen LogP contribution in [0, 0.1) is 22.7 Å². The zero-order chi connectivity index (χ0) is 22.2. The highest BCUT2D eigenvalue weighted by molar-refractivity contribution is 5.66. The molecule has 0 amide bonds. The van der Waals surface area contributed by atoms with Gasteiger partial charge in [-0.3, -0.25) is 9.59 Å². The second-order valence-electron chi connectivity index (χ2n) is 10.3. The van der Waals surface area contributed by atoms with Gasteiger partial charge in [0, 0.05) is 36.2 Å². The van der Waals surface area contributed by atoms with Crippen LogP contribution in [0.1, 0.15) is 72.0 Å². The van der Waals surface area contributed by atoms with Crippen molar-refractivity contribution in [2.75, 3.05) is 0 Å². The normalized spacial score (nSPS) is 48.0. The Morgan fingerprint density at radius 2 is 1.84 bits per heavy atom. The summed E-state index contributed by atoms with van der Waals surface area (Å²) in [6, 6.07) is 1.90. The van der Waals surface area contributed by atoms with Crippen LogP contribution in [0.15, 0.2) is 23.0 Å². The maximum atomic E-state index is 12.1. The number of rotatable bonds is 3. The van der Waals surface area contributed by atoms with Gasteiger partial charge in [-0.2, -0.15) is 0 Å². The highest BCUT2D eigenvalue weighted by Gasteiger charge is 2.77. The fourth-order valence-corrected chi connectivity index (χ4v) is 7.29. The molecule has 1 aromatic heterocycles. The van der Waals surface area contributed by atoms with Crippen molar-refractivity contribution in [3.05, 3.63) is 24.2 Å². The second-order valence-corrected chi connectivity index (χ2v) is 10.3. The number of carbonyl (C=O) groups is 2. The van der Waals surface area contributed by atoms with Crippen LogP contribution in [0.25, 0.3) is 0 Å². The van der Waals surface area contributed by atoms with E-state index in [0.29, 0.717) is 6.42 Å². The minimum absolute atomic E-state index is 0.0466. The van der Waals surface area contributed by atoms with Crippen molar-refractivity contribution in [2.45, 2.75) is 90.5 Å². The molecule has 1 aromatic rings. The van der Waals surface area contributed by atoms with E-state index < -0.39 is 11.7 Å². The molecule has 0 N–H and O–H groups in total. The summed E-state index contributed by atoms with van der Waals surface area (Å²) in [6.07, 6.45) is 5.62. The molecule has 2 aliphatic carbocycles. The highest BCUT2D eigenvalue weighted by Crippen LogP contribution is 2.73. The van der Waals surface area contributed by atoms with Crippen molar-refractivity contribution in [1.82, 2.24) is 0 Å². The Morgan fingerprint density at radius 1 is 1.10 bits per heavy atom. The summed E-state index contributed by atoms with van der Waals surface area (Å²) in [4.78, 5) is 24.2. The Kier molecular flexibility index (Phi) is 4.62. The molecule has 7 heteroatoms. The average molecular weight is 433 g/mol. The molecule has 3 heterocycles. The lowest BCUT2D eigenvalue weighted by molar-refractivity contribution is -0.249. The highest BCUT2D eigenvalue weighted by atomic mass is 16.7. The van der Waals surface area contributed by atoms with Gasteiger partial charge in [-0.05, 0) is 44.6 Å². The molecule has 2 saturated carbocycles. The monoisotopic (exact) mass is 432 g/mol. The quantitative estimate of drug-likeness (QED) is 0.523. The topological polar surface area (TPSA) is 87.5 Å². The Hall–Kier alpha value is -1.86. The number of epoxide rings is 1. The van der Waals surface area contributed by atoms with Crippen LogP contribution in [-0.4, -0.2) is 36.0 Å². The van der Waals surface area contributed by atoms with Crippen LogP contribution < -0.4 is 0 Å². The molecule has 31 heavy (non-hydrogen) atoms. The maximum absolute atomic E-state index is 12.1. The van der Waals surface area contributed by atoms with Gasteiger partial charge in [-0.1, -0.05) is 13.8 Å². The van der Waals surface area contributed by atoms with E-state index in [1.54, 1.807) is 12.5 Å². The van der Waals surface area contributed by atoms with Crippen LogP contribution in [0.4, 0.5) is 0 Å². The predicted octanol–water partition coefficient (Wildman–Crippen LogP) is 4.16. The Morgan fingerprint density at radius 3 is 2.48 bits per heavy atom. The minimum Gasteiger partial charge on any atom is -0.472 e. The summed E-state index contributed by atoms with van der Waals surface area (Å²) < 4.78 is 29.7. The Labute approximate surface area is 182 Å². The molecule has 0 aromatic carbocycles. The number of hydrogen-bond acceptors (Lipinski definition) is 7. The van der Waals surface area contributed by atoms with E-state index in [4.69, 9.17) is 23.4 Å². The van der Waals surface area contributed by atoms with Gasteiger partial charge in [0.1, 0.15) is 6.10 Å². The van der Waals surface area contributed by atoms with Gasteiger partial charge in [0.2, 0.25) is 6.29 Å². The summed E-state index contributed by atoms with van der Waals surface area (Å²) in [6.45, 7) is 9.43. The molecular weight excluding hydrogens is 400 g/mol. The molecule has 0 radical (unpaired) electrons. The first-order chi connectivity index (χ1) is 14.6. The van der Waals surface area contributed by atoms with E-state index in [-0.39, 0.29) is 53.1 Å². The fraction of sp³-hybridized carbons (Fsp3) is 0.750. The van der Waals surface area contributed by atoms with E-state index in [1.807, 2.05) is 6.07 Å². The average Bonchev–Trinajstić information content (AvgIpc) is 3.05. The van der Waals surface area contributed by atoms with Crippen molar-refractivity contribution in [3.63, 3.8) is 0 Å². The first-order valence-electron chi connectivity index (χ1n) is 11.3.